The lowest BCUT2D eigenvalue weighted by Gasteiger charge is -2.37. The molecule has 1 aliphatic heterocycles. The van der Waals surface area contributed by atoms with Crippen LogP contribution in [0.15, 0.2) is 24.3 Å². The van der Waals surface area contributed by atoms with Crippen molar-refractivity contribution in [2.24, 2.45) is 0 Å². The molecule has 0 atom stereocenters. The molecule has 0 aliphatic carbocycles. The standard InChI is InChI=1S/C15H19F3N2O2/c1-11(2)19-6-8-20(9-7-19)14(21)12-4-3-5-13(10-12)22-15(16,17)18/h3-5,10-11H,6-9H2,1-2H3. The van der Waals surface area contributed by atoms with Crippen molar-refractivity contribution in [3.05, 3.63) is 29.8 Å². The van der Waals surface area contributed by atoms with E-state index < -0.39 is 6.36 Å². The Kier molecular flexibility index (Phi) is 4.95. The number of carbonyl (C=O) groups excluding carboxylic acids is 1. The van der Waals surface area contributed by atoms with Crippen LogP contribution in [0.5, 0.6) is 5.75 Å². The number of hydrogen-bond donors (Lipinski definition) is 0. The van der Waals surface area contributed by atoms with Gasteiger partial charge < -0.3 is 9.64 Å². The number of ether oxygens (including phenoxy) is 1. The van der Waals surface area contributed by atoms with E-state index in [0.717, 1.165) is 19.2 Å². The molecule has 4 nitrogen and oxygen atoms in total. The fraction of sp³-hybridized carbons (Fsp3) is 0.533. The number of amides is 1. The van der Waals surface area contributed by atoms with Gasteiger partial charge in [-0.05, 0) is 32.0 Å². The molecule has 0 aromatic heterocycles. The van der Waals surface area contributed by atoms with Gasteiger partial charge in [0.05, 0.1) is 0 Å². The van der Waals surface area contributed by atoms with E-state index >= 15 is 0 Å². The largest absolute Gasteiger partial charge is 0.573 e. The van der Waals surface area contributed by atoms with Gasteiger partial charge >= 0.3 is 6.36 Å². The fourth-order valence-electron chi connectivity index (χ4n) is 2.45. The minimum Gasteiger partial charge on any atom is -0.406 e. The Labute approximate surface area is 127 Å². The lowest BCUT2D eigenvalue weighted by Crippen LogP contribution is -2.50. The summed E-state index contributed by atoms with van der Waals surface area (Å²) in [5.74, 6) is -0.643. The SMILES string of the molecule is CC(C)N1CCN(C(=O)c2cccc(OC(F)(F)F)c2)CC1. The van der Waals surface area contributed by atoms with Crippen LogP contribution in [0.4, 0.5) is 13.2 Å². The number of hydrogen-bond acceptors (Lipinski definition) is 3. The molecule has 0 spiro atoms. The molecule has 0 unspecified atom stereocenters. The topological polar surface area (TPSA) is 32.8 Å². The third-order valence-corrected chi connectivity index (χ3v) is 3.65. The smallest absolute Gasteiger partial charge is 0.406 e. The molecule has 2 rings (SSSR count). The van der Waals surface area contributed by atoms with Gasteiger partial charge in [0.15, 0.2) is 0 Å². The van der Waals surface area contributed by atoms with Crippen LogP contribution in [0.2, 0.25) is 0 Å². The number of alkyl halides is 3. The van der Waals surface area contributed by atoms with E-state index in [2.05, 4.69) is 23.5 Å². The number of piperazine rings is 1. The molecule has 1 saturated heterocycles. The lowest BCUT2D eigenvalue weighted by atomic mass is 10.1. The van der Waals surface area contributed by atoms with Crippen molar-refractivity contribution in [3.8, 4) is 5.75 Å². The number of rotatable bonds is 3. The van der Waals surface area contributed by atoms with Gasteiger partial charge in [-0.1, -0.05) is 6.07 Å². The summed E-state index contributed by atoms with van der Waals surface area (Å²) in [6, 6.07) is 5.62. The first-order valence-electron chi connectivity index (χ1n) is 7.15. The maximum atomic E-state index is 12.4. The van der Waals surface area contributed by atoms with Crippen LogP contribution < -0.4 is 4.74 Å². The Morgan fingerprint density at radius 2 is 1.82 bits per heavy atom. The van der Waals surface area contributed by atoms with Crippen LogP contribution in [-0.4, -0.2) is 54.3 Å². The van der Waals surface area contributed by atoms with Gasteiger partial charge in [0, 0.05) is 37.8 Å². The minimum atomic E-state index is -4.76. The molecular formula is C15H19F3N2O2. The zero-order valence-electron chi connectivity index (χ0n) is 12.6. The van der Waals surface area contributed by atoms with Crippen molar-refractivity contribution in [3.63, 3.8) is 0 Å². The van der Waals surface area contributed by atoms with Crippen molar-refractivity contribution >= 4 is 5.91 Å². The van der Waals surface area contributed by atoms with E-state index in [-0.39, 0.29) is 17.2 Å². The van der Waals surface area contributed by atoms with Crippen molar-refractivity contribution in [2.75, 3.05) is 26.2 Å². The highest BCUT2D eigenvalue weighted by Gasteiger charge is 2.31. The van der Waals surface area contributed by atoms with Crippen molar-refractivity contribution in [2.45, 2.75) is 26.3 Å². The van der Waals surface area contributed by atoms with Gasteiger partial charge in [-0.2, -0.15) is 0 Å². The summed E-state index contributed by atoms with van der Waals surface area (Å²) in [6.45, 7) is 6.86. The average molecular weight is 316 g/mol. The molecule has 1 heterocycles. The van der Waals surface area contributed by atoms with Crippen LogP contribution >= 0.6 is 0 Å². The first-order chi connectivity index (χ1) is 10.3. The predicted octanol–water partition coefficient (Wildman–Crippen LogP) is 2.75. The van der Waals surface area contributed by atoms with E-state index in [1.54, 1.807) is 4.90 Å². The fourth-order valence-corrected chi connectivity index (χ4v) is 2.45. The second kappa shape index (κ2) is 6.56. The van der Waals surface area contributed by atoms with E-state index in [9.17, 15) is 18.0 Å². The molecule has 0 saturated carbocycles. The van der Waals surface area contributed by atoms with Crippen LogP contribution in [-0.2, 0) is 0 Å². The highest BCUT2D eigenvalue weighted by molar-refractivity contribution is 5.94. The van der Waals surface area contributed by atoms with Gasteiger partial charge in [0.2, 0.25) is 0 Å². The van der Waals surface area contributed by atoms with Gasteiger partial charge in [-0.15, -0.1) is 13.2 Å². The van der Waals surface area contributed by atoms with Gasteiger partial charge in [0.1, 0.15) is 5.75 Å². The van der Waals surface area contributed by atoms with Crippen LogP contribution in [0, 0.1) is 0 Å². The first kappa shape index (κ1) is 16.6. The van der Waals surface area contributed by atoms with Gasteiger partial charge in [-0.25, -0.2) is 0 Å². The third-order valence-electron chi connectivity index (χ3n) is 3.65. The number of halogens is 3. The van der Waals surface area contributed by atoms with Crippen molar-refractivity contribution in [1.29, 1.82) is 0 Å². The molecule has 122 valence electrons. The van der Waals surface area contributed by atoms with Crippen molar-refractivity contribution < 1.29 is 22.7 Å². The van der Waals surface area contributed by atoms with Gasteiger partial charge in [0.25, 0.3) is 5.91 Å². The molecule has 7 heteroatoms. The third kappa shape index (κ3) is 4.37. The highest BCUT2D eigenvalue weighted by Crippen LogP contribution is 2.24. The monoisotopic (exact) mass is 316 g/mol. The zero-order chi connectivity index (χ0) is 16.3. The summed E-state index contributed by atoms with van der Waals surface area (Å²) in [5, 5.41) is 0. The molecule has 22 heavy (non-hydrogen) atoms. The lowest BCUT2D eigenvalue weighted by molar-refractivity contribution is -0.274. The molecule has 1 aromatic rings. The molecule has 0 N–H and O–H groups in total. The maximum Gasteiger partial charge on any atom is 0.573 e. The van der Waals surface area contributed by atoms with E-state index in [0.29, 0.717) is 19.1 Å². The first-order valence-corrected chi connectivity index (χ1v) is 7.15. The van der Waals surface area contributed by atoms with E-state index in [1.807, 2.05) is 0 Å². The molecule has 1 fully saturated rings. The van der Waals surface area contributed by atoms with Gasteiger partial charge in [-0.3, -0.25) is 9.69 Å². The molecule has 1 amide bonds. The van der Waals surface area contributed by atoms with E-state index in [1.165, 1.54) is 18.2 Å². The average Bonchev–Trinajstić information content (AvgIpc) is 2.45. The molecule has 0 radical (unpaired) electrons. The number of nitrogens with zero attached hydrogens (tertiary/aromatic N) is 2. The second-order valence-electron chi connectivity index (χ2n) is 5.50. The summed E-state index contributed by atoms with van der Waals surface area (Å²) >= 11 is 0. The summed E-state index contributed by atoms with van der Waals surface area (Å²) in [7, 11) is 0. The summed E-state index contributed by atoms with van der Waals surface area (Å²) in [5.41, 5.74) is 0.208. The van der Waals surface area contributed by atoms with Crippen LogP contribution in [0.3, 0.4) is 0 Å². The number of benzene rings is 1. The summed E-state index contributed by atoms with van der Waals surface area (Å²) in [6.07, 6.45) is -4.76. The Morgan fingerprint density at radius 1 is 1.18 bits per heavy atom. The molecular weight excluding hydrogens is 297 g/mol. The summed E-state index contributed by atoms with van der Waals surface area (Å²) < 4.78 is 40.5. The van der Waals surface area contributed by atoms with Crippen LogP contribution in [0.25, 0.3) is 0 Å². The Bertz CT molecular complexity index is 524. The minimum absolute atomic E-state index is 0.208. The quantitative estimate of drug-likeness (QED) is 0.859. The number of carbonyl (C=O) groups is 1. The predicted molar refractivity (Wildman–Crippen MR) is 75.7 cm³/mol. The molecule has 1 aromatic carbocycles. The molecule has 0 bridgehead atoms. The normalized spacial score (nSPS) is 16.9. The Hall–Kier alpha value is -1.76. The Morgan fingerprint density at radius 3 is 2.36 bits per heavy atom. The summed E-state index contributed by atoms with van der Waals surface area (Å²) in [4.78, 5) is 16.3. The van der Waals surface area contributed by atoms with E-state index in [4.69, 9.17) is 0 Å². The van der Waals surface area contributed by atoms with Crippen LogP contribution in [0.1, 0.15) is 24.2 Å². The van der Waals surface area contributed by atoms with Crippen molar-refractivity contribution in [1.82, 2.24) is 9.80 Å². The molecule has 1 aliphatic rings. The zero-order valence-corrected chi connectivity index (χ0v) is 12.6. The second-order valence-corrected chi connectivity index (χ2v) is 5.50. The maximum absolute atomic E-state index is 12.4. The highest BCUT2D eigenvalue weighted by atomic mass is 19.4. The Balaban J connectivity index is 2.03.